The summed E-state index contributed by atoms with van der Waals surface area (Å²) >= 11 is 15.6. The highest BCUT2D eigenvalue weighted by molar-refractivity contribution is 9.10. The molecule has 10 nitrogen and oxygen atoms in total. The summed E-state index contributed by atoms with van der Waals surface area (Å²) in [6, 6.07) is 45.9. The molecule has 0 aliphatic rings. The lowest BCUT2D eigenvalue weighted by atomic mass is 9.97. The maximum atomic E-state index is 12.6. The summed E-state index contributed by atoms with van der Waals surface area (Å²) in [5.41, 5.74) is 9.30. The lowest BCUT2D eigenvalue weighted by Gasteiger charge is -2.15. The van der Waals surface area contributed by atoms with Gasteiger partial charge in [-0.05, 0) is 104 Å². The van der Waals surface area contributed by atoms with Crippen LogP contribution in [0.4, 0.5) is 5.82 Å². The van der Waals surface area contributed by atoms with Crippen molar-refractivity contribution in [3.63, 3.8) is 0 Å². The molecule has 1 unspecified atom stereocenters. The maximum Gasteiger partial charge on any atom is 0.316 e. The molecule has 0 radical (unpaired) electrons. The van der Waals surface area contributed by atoms with Crippen LogP contribution in [0.5, 0.6) is 0 Å². The number of benzene rings is 5. The molecule has 0 spiro atoms. The monoisotopic (exact) mass is 1140 g/mol. The van der Waals surface area contributed by atoms with E-state index >= 15 is 0 Å². The Morgan fingerprint density at radius 2 is 1.48 bits per heavy atom. The van der Waals surface area contributed by atoms with E-state index in [1.165, 1.54) is 23.9 Å². The Bertz CT molecular complexity index is 2720. The number of nitrogens with two attached hydrogens (primary N) is 1. The second kappa shape index (κ2) is 28.6. The topological polar surface area (TPSA) is 151 Å². The number of thioether (sulfide) groups is 1. The lowest BCUT2D eigenvalue weighted by molar-refractivity contribution is -0.139. The Morgan fingerprint density at radius 3 is 2.09 bits per heavy atom. The first-order chi connectivity index (χ1) is 31.7. The molecule has 0 aliphatic heterocycles. The van der Waals surface area contributed by atoms with Crippen LogP contribution in [0, 0.1) is 0 Å². The van der Waals surface area contributed by atoms with E-state index in [4.69, 9.17) is 20.2 Å². The minimum absolute atomic E-state index is 0.0201. The van der Waals surface area contributed by atoms with Crippen molar-refractivity contribution >= 4 is 110 Å². The van der Waals surface area contributed by atoms with Crippen molar-refractivity contribution in [2.24, 2.45) is 5.73 Å². The number of halogens is 3. The Hall–Kier alpha value is -4.55. The van der Waals surface area contributed by atoms with Crippen molar-refractivity contribution in [3.05, 3.63) is 166 Å². The van der Waals surface area contributed by atoms with E-state index in [-0.39, 0.29) is 10.9 Å². The predicted molar refractivity (Wildman–Crippen MR) is 283 cm³/mol. The molecule has 3 N–H and O–H groups in total. The van der Waals surface area contributed by atoms with Crippen LogP contribution in [0.1, 0.15) is 26.5 Å². The van der Waals surface area contributed by atoms with Crippen LogP contribution in [-0.4, -0.2) is 66.4 Å². The number of ether oxygens (including phenoxy) is 2. The zero-order valence-electron chi connectivity index (χ0n) is 36.6. The number of hydrogen-bond donors (Lipinski definition) is 3. The molecule has 5 aromatic carbocycles. The van der Waals surface area contributed by atoms with Crippen molar-refractivity contribution < 1.29 is 27.5 Å². The van der Waals surface area contributed by atoms with Gasteiger partial charge in [0.25, 0.3) is 0 Å². The second-order valence-corrected chi connectivity index (χ2v) is 20.0. The molecule has 7 rings (SSSR count). The fourth-order valence-corrected chi connectivity index (χ4v) is 9.37. The highest BCUT2D eigenvalue weighted by Gasteiger charge is 2.19. The third kappa shape index (κ3) is 18.6. The van der Waals surface area contributed by atoms with E-state index in [2.05, 4.69) is 88.9 Å². The van der Waals surface area contributed by atoms with E-state index < -0.39 is 21.5 Å². The molecule has 2 aromatic heterocycles. The first-order valence-corrected chi connectivity index (χ1v) is 26.4. The normalized spacial score (nSPS) is 11.1. The number of nitrogens with one attached hydrogen (secondary N) is 1. The number of amides is 1. The molecule has 16 heteroatoms. The number of anilines is 1. The number of esters is 1. The quantitative estimate of drug-likeness (QED) is 0.0392. The van der Waals surface area contributed by atoms with Gasteiger partial charge < -0.3 is 20.5 Å². The highest BCUT2D eigenvalue weighted by atomic mass is 79.9. The lowest BCUT2D eigenvalue weighted by Crippen LogP contribution is -2.23. The zero-order chi connectivity index (χ0) is 47.9. The van der Waals surface area contributed by atoms with Crippen molar-refractivity contribution in [2.45, 2.75) is 48.1 Å². The van der Waals surface area contributed by atoms with E-state index in [0.29, 0.717) is 42.1 Å². The largest absolute Gasteiger partial charge is 0.465 e. The molecule has 7 aromatic rings. The Kier molecular flexibility index (Phi) is 23.4. The van der Waals surface area contributed by atoms with Gasteiger partial charge in [0.2, 0.25) is 5.91 Å². The number of carbonyl (C=O) groups excluding carboxylic acids is 2. The molecule has 0 bridgehead atoms. The summed E-state index contributed by atoms with van der Waals surface area (Å²) < 4.78 is 37.3. The van der Waals surface area contributed by atoms with E-state index in [9.17, 15) is 18.0 Å². The Labute approximate surface area is 422 Å². The molecule has 0 aliphatic carbocycles. The number of nitrogens with zero attached hydrogens (tertiary/aromatic N) is 2. The van der Waals surface area contributed by atoms with Crippen molar-refractivity contribution in [1.82, 2.24) is 9.97 Å². The molecular weight excluding hydrogens is 1090 g/mol. The van der Waals surface area contributed by atoms with Crippen LogP contribution < -0.4 is 11.1 Å². The summed E-state index contributed by atoms with van der Waals surface area (Å²) in [6.45, 7) is 7.56. The van der Waals surface area contributed by atoms with Crippen molar-refractivity contribution in [2.75, 3.05) is 35.4 Å². The number of primary amides is 1. The van der Waals surface area contributed by atoms with Crippen LogP contribution in [0.15, 0.2) is 175 Å². The number of rotatable bonds is 15. The number of alkyl halides is 1. The molecule has 2 heterocycles. The number of sulfone groups is 1. The standard InChI is InChI=1S/C29H24N4O3S.C10H11BrO2S.C6H5BrS.C5H11BrO/c30-27(34)19-37(35,36)24-13-6-10-21(16-24)26-17-22-11-7-14-25(20-8-2-1-3-9-20)28(22)29(33-26)32-18-23-12-4-5-15-31-23;1-2-13-10(12)7-14-9-5-3-4-8(11)6-9;7-5-2-1-3-6(8)4-5;1-3-7-5(2)4-6/h1-17H,18-19H2,(H2,30,34)(H,32,33);3-6H,2,7H2,1H3;1-4,8H;5H,3-4H2,1-2H3. The van der Waals surface area contributed by atoms with Gasteiger partial charge in [0.1, 0.15) is 11.6 Å². The summed E-state index contributed by atoms with van der Waals surface area (Å²) in [7, 11) is -3.86. The molecule has 0 saturated heterocycles. The van der Waals surface area contributed by atoms with Crippen LogP contribution in [0.3, 0.4) is 0 Å². The maximum absolute atomic E-state index is 12.6. The van der Waals surface area contributed by atoms with Gasteiger partial charge in [-0.2, -0.15) is 0 Å². The molecule has 0 saturated carbocycles. The Morgan fingerprint density at radius 1 is 0.803 bits per heavy atom. The fraction of sp³-hybridized carbons (Fsp3) is 0.200. The number of carbonyl (C=O) groups is 2. The first kappa shape index (κ1) is 54.1. The van der Waals surface area contributed by atoms with E-state index in [1.54, 1.807) is 18.3 Å². The van der Waals surface area contributed by atoms with Gasteiger partial charge in [0.05, 0.1) is 41.3 Å². The molecule has 1 atom stereocenters. The van der Waals surface area contributed by atoms with Gasteiger partial charge in [0.15, 0.2) is 9.84 Å². The van der Waals surface area contributed by atoms with Crippen LogP contribution in [-0.2, 0) is 35.4 Å². The molecule has 66 heavy (non-hydrogen) atoms. The average Bonchev–Trinajstić information content (AvgIpc) is 3.31. The number of aromatic nitrogens is 2. The number of thiol groups is 1. The minimum Gasteiger partial charge on any atom is -0.465 e. The third-order valence-electron chi connectivity index (χ3n) is 8.86. The van der Waals surface area contributed by atoms with Crippen LogP contribution in [0.2, 0.25) is 0 Å². The van der Waals surface area contributed by atoms with Crippen LogP contribution >= 0.6 is 72.2 Å². The SMILES string of the molecule is CCOC(=O)CSc1cccc(Br)c1.CCOC(C)CBr.NC(=O)CS(=O)(=O)c1cccc(-c2cc3cccc(-c4ccccc4)c3c(NCc3ccccn3)n2)c1.Sc1cccc(Br)c1. The first-order valence-electron chi connectivity index (χ1n) is 20.6. The summed E-state index contributed by atoms with van der Waals surface area (Å²) in [5, 5.41) is 6.27. The summed E-state index contributed by atoms with van der Waals surface area (Å²) in [4.78, 5) is 33.7. The zero-order valence-corrected chi connectivity index (χ0v) is 43.9. The van der Waals surface area contributed by atoms with Gasteiger partial charge >= 0.3 is 5.97 Å². The van der Waals surface area contributed by atoms with Crippen molar-refractivity contribution in [1.29, 1.82) is 0 Å². The third-order valence-corrected chi connectivity index (χ3v) is 13.6. The van der Waals surface area contributed by atoms with Crippen molar-refractivity contribution in [3.8, 4) is 22.4 Å². The molecule has 346 valence electrons. The molecular formula is C50H51Br3N4O6S3. The van der Waals surface area contributed by atoms with Gasteiger partial charge in [-0.25, -0.2) is 13.4 Å². The van der Waals surface area contributed by atoms with Gasteiger partial charge in [0, 0.05) is 47.8 Å². The van der Waals surface area contributed by atoms with E-state index in [1.807, 2.05) is 124 Å². The molecule has 1 amide bonds. The highest BCUT2D eigenvalue weighted by Crippen LogP contribution is 2.36. The number of pyridine rings is 2. The predicted octanol–water partition coefficient (Wildman–Crippen LogP) is 12.5. The number of fused-ring (bicyclic) bond motifs is 1. The summed E-state index contributed by atoms with van der Waals surface area (Å²) in [5.74, 6) is -0.799. The summed E-state index contributed by atoms with van der Waals surface area (Å²) in [6.07, 6.45) is 2.11. The molecule has 0 fully saturated rings. The smallest absolute Gasteiger partial charge is 0.316 e. The van der Waals surface area contributed by atoms with Crippen LogP contribution in [0.25, 0.3) is 33.2 Å². The van der Waals surface area contributed by atoms with Gasteiger partial charge in [-0.3, -0.25) is 14.6 Å². The minimum atomic E-state index is -3.86. The van der Waals surface area contributed by atoms with E-state index in [0.717, 1.165) is 58.3 Å². The second-order valence-electron chi connectivity index (χ2n) is 14.0. The average molecular weight is 1140 g/mol. The Balaban J connectivity index is 0.000000265. The van der Waals surface area contributed by atoms with Gasteiger partial charge in [-0.1, -0.05) is 127 Å². The van der Waals surface area contributed by atoms with Gasteiger partial charge in [-0.15, -0.1) is 24.4 Å². The number of hydrogen-bond acceptors (Lipinski definition) is 11. The fourth-order valence-electron chi connectivity index (χ4n) is 5.95.